The van der Waals surface area contributed by atoms with E-state index in [0.717, 1.165) is 18.5 Å². The number of carbonyl (C=O) groups excluding carboxylic acids is 1. The number of nitrogens with zero attached hydrogens (tertiary/aromatic N) is 4. The van der Waals surface area contributed by atoms with Crippen molar-refractivity contribution in [2.24, 2.45) is 0 Å². The molecule has 1 N–H and O–H groups in total. The lowest BCUT2D eigenvalue weighted by Crippen LogP contribution is -2.12. The highest BCUT2D eigenvalue weighted by molar-refractivity contribution is 6.31. The molecule has 6 nitrogen and oxygen atoms in total. The van der Waals surface area contributed by atoms with Crippen LogP contribution in [0.4, 0.5) is 5.95 Å². The topological polar surface area (TPSA) is 72.2 Å². The van der Waals surface area contributed by atoms with Gasteiger partial charge < -0.3 is 0 Å². The molecule has 0 radical (unpaired) electrons. The standard InChI is InChI=1S/C12H16ClN5O/c1-4-5-6-9(19)15-11-16-12-14-7(2)10(13)8(3)18(12)17-11/h4-6H2,1-3H3,(H,15,17,19). The van der Waals surface area contributed by atoms with Gasteiger partial charge in [-0.25, -0.2) is 4.98 Å². The van der Waals surface area contributed by atoms with Gasteiger partial charge in [-0.1, -0.05) is 24.9 Å². The van der Waals surface area contributed by atoms with Crippen LogP contribution in [-0.2, 0) is 4.79 Å². The molecule has 0 spiro atoms. The fourth-order valence-corrected chi connectivity index (χ4v) is 1.85. The van der Waals surface area contributed by atoms with Crippen molar-refractivity contribution in [2.45, 2.75) is 40.0 Å². The van der Waals surface area contributed by atoms with Crippen LogP contribution in [0.1, 0.15) is 37.6 Å². The zero-order valence-corrected chi connectivity index (χ0v) is 12.0. The Bertz CT molecular complexity index is 622. The Morgan fingerprint density at radius 1 is 1.37 bits per heavy atom. The van der Waals surface area contributed by atoms with Gasteiger partial charge in [0.15, 0.2) is 0 Å². The summed E-state index contributed by atoms with van der Waals surface area (Å²) in [5, 5.41) is 7.41. The van der Waals surface area contributed by atoms with Crippen molar-refractivity contribution >= 4 is 29.2 Å². The Balaban J connectivity index is 2.27. The second-order valence-electron chi connectivity index (χ2n) is 4.40. The van der Waals surface area contributed by atoms with E-state index >= 15 is 0 Å². The predicted molar refractivity (Wildman–Crippen MR) is 73.4 cm³/mol. The summed E-state index contributed by atoms with van der Waals surface area (Å²) in [5.74, 6) is 0.613. The van der Waals surface area contributed by atoms with Gasteiger partial charge in [-0.15, -0.1) is 5.10 Å². The van der Waals surface area contributed by atoms with Gasteiger partial charge in [0.2, 0.25) is 5.91 Å². The van der Waals surface area contributed by atoms with Gasteiger partial charge in [0.1, 0.15) is 0 Å². The molecule has 0 atom stereocenters. The lowest BCUT2D eigenvalue weighted by atomic mass is 10.2. The van der Waals surface area contributed by atoms with E-state index in [2.05, 4.69) is 20.4 Å². The van der Waals surface area contributed by atoms with Gasteiger partial charge in [0.05, 0.1) is 16.4 Å². The third-order valence-electron chi connectivity index (χ3n) is 2.82. The molecule has 0 aliphatic rings. The molecule has 19 heavy (non-hydrogen) atoms. The van der Waals surface area contributed by atoms with Crippen molar-refractivity contribution in [1.29, 1.82) is 0 Å². The molecule has 2 aromatic heterocycles. The van der Waals surface area contributed by atoms with E-state index in [9.17, 15) is 4.79 Å². The molecule has 2 rings (SSSR count). The molecule has 0 fully saturated rings. The van der Waals surface area contributed by atoms with Crippen LogP contribution in [0, 0.1) is 13.8 Å². The summed E-state index contributed by atoms with van der Waals surface area (Å²) in [6.45, 7) is 5.68. The first-order valence-corrected chi connectivity index (χ1v) is 6.60. The Hall–Kier alpha value is -1.69. The van der Waals surface area contributed by atoms with Crippen LogP contribution in [0.2, 0.25) is 5.02 Å². The number of carbonyl (C=O) groups is 1. The van der Waals surface area contributed by atoms with Crippen molar-refractivity contribution < 1.29 is 4.79 Å². The minimum absolute atomic E-state index is 0.0850. The third kappa shape index (κ3) is 2.84. The first-order chi connectivity index (χ1) is 9.02. The van der Waals surface area contributed by atoms with Crippen LogP contribution in [-0.4, -0.2) is 25.5 Å². The minimum Gasteiger partial charge on any atom is -0.293 e. The maximum absolute atomic E-state index is 11.6. The van der Waals surface area contributed by atoms with Gasteiger partial charge in [-0.2, -0.15) is 9.50 Å². The number of nitrogens with one attached hydrogen (secondary N) is 1. The molecule has 0 saturated heterocycles. The van der Waals surface area contributed by atoms with Gasteiger partial charge in [0, 0.05) is 6.42 Å². The zero-order chi connectivity index (χ0) is 14.0. The quantitative estimate of drug-likeness (QED) is 0.935. The summed E-state index contributed by atoms with van der Waals surface area (Å²) in [7, 11) is 0. The lowest BCUT2D eigenvalue weighted by Gasteiger charge is -2.02. The van der Waals surface area contributed by atoms with E-state index in [1.165, 1.54) is 4.52 Å². The van der Waals surface area contributed by atoms with E-state index in [1.807, 2.05) is 20.8 Å². The summed E-state index contributed by atoms with van der Waals surface area (Å²) < 4.78 is 1.53. The molecular weight excluding hydrogens is 266 g/mol. The van der Waals surface area contributed by atoms with E-state index in [0.29, 0.717) is 22.9 Å². The molecule has 1 amide bonds. The maximum Gasteiger partial charge on any atom is 0.254 e. The third-order valence-corrected chi connectivity index (χ3v) is 3.37. The molecular formula is C12H16ClN5O. The van der Waals surface area contributed by atoms with E-state index < -0.39 is 0 Å². The summed E-state index contributed by atoms with van der Waals surface area (Å²) in [6, 6.07) is 0. The van der Waals surface area contributed by atoms with E-state index in [-0.39, 0.29) is 11.9 Å². The smallest absolute Gasteiger partial charge is 0.254 e. The highest BCUT2D eigenvalue weighted by Crippen LogP contribution is 2.19. The highest BCUT2D eigenvalue weighted by atomic mass is 35.5. The van der Waals surface area contributed by atoms with Gasteiger partial charge in [-0.05, 0) is 20.3 Å². The van der Waals surface area contributed by atoms with Crippen LogP contribution >= 0.6 is 11.6 Å². The van der Waals surface area contributed by atoms with Crippen molar-refractivity contribution in [3.63, 3.8) is 0 Å². The summed E-state index contributed by atoms with van der Waals surface area (Å²) in [6.07, 6.45) is 2.29. The molecule has 102 valence electrons. The number of amides is 1. The number of anilines is 1. The fourth-order valence-electron chi connectivity index (χ4n) is 1.73. The molecule has 2 heterocycles. The van der Waals surface area contributed by atoms with E-state index in [1.54, 1.807) is 0 Å². The molecule has 0 aliphatic carbocycles. The summed E-state index contributed by atoms with van der Waals surface area (Å²) in [4.78, 5) is 20.0. The number of aromatic nitrogens is 4. The van der Waals surface area contributed by atoms with Crippen LogP contribution in [0.3, 0.4) is 0 Å². The molecule has 0 aliphatic heterocycles. The normalized spacial score (nSPS) is 10.9. The summed E-state index contributed by atoms with van der Waals surface area (Å²) in [5.41, 5.74) is 1.45. The Morgan fingerprint density at radius 3 is 2.79 bits per heavy atom. The molecule has 0 aromatic carbocycles. The number of rotatable bonds is 4. The van der Waals surface area contributed by atoms with Gasteiger partial charge in [-0.3, -0.25) is 10.1 Å². The Kier molecular flexibility index (Phi) is 3.99. The highest BCUT2D eigenvalue weighted by Gasteiger charge is 2.13. The maximum atomic E-state index is 11.6. The molecule has 2 aromatic rings. The summed E-state index contributed by atoms with van der Waals surface area (Å²) >= 11 is 6.10. The van der Waals surface area contributed by atoms with Crippen LogP contribution < -0.4 is 5.32 Å². The zero-order valence-electron chi connectivity index (χ0n) is 11.2. The molecule has 0 bridgehead atoms. The SMILES string of the molecule is CCCCC(=O)Nc1nc2nc(C)c(Cl)c(C)n2n1. The van der Waals surface area contributed by atoms with Gasteiger partial charge >= 0.3 is 0 Å². The largest absolute Gasteiger partial charge is 0.293 e. The van der Waals surface area contributed by atoms with Crippen LogP contribution in [0.15, 0.2) is 0 Å². The van der Waals surface area contributed by atoms with Crippen molar-refractivity contribution in [1.82, 2.24) is 19.6 Å². The monoisotopic (exact) mass is 281 g/mol. The number of hydrogen-bond acceptors (Lipinski definition) is 4. The lowest BCUT2D eigenvalue weighted by molar-refractivity contribution is -0.116. The van der Waals surface area contributed by atoms with Crippen LogP contribution in [0.25, 0.3) is 5.78 Å². The second kappa shape index (κ2) is 5.52. The van der Waals surface area contributed by atoms with Gasteiger partial charge in [0.25, 0.3) is 11.7 Å². The number of hydrogen-bond donors (Lipinski definition) is 1. The van der Waals surface area contributed by atoms with Crippen molar-refractivity contribution in [3.8, 4) is 0 Å². The number of aryl methyl sites for hydroxylation is 2. The van der Waals surface area contributed by atoms with Crippen molar-refractivity contribution in [3.05, 3.63) is 16.4 Å². The second-order valence-corrected chi connectivity index (χ2v) is 4.77. The van der Waals surface area contributed by atoms with Crippen LogP contribution in [0.5, 0.6) is 0 Å². The van der Waals surface area contributed by atoms with Crippen molar-refractivity contribution in [2.75, 3.05) is 5.32 Å². The number of fused-ring (bicyclic) bond motifs is 1. The molecule has 7 heteroatoms. The first-order valence-electron chi connectivity index (χ1n) is 6.22. The number of unbranched alkanes of at least 4 members (excludes halogenated alkanes) is 1. The Morgan fingerprint density at radius 2 is 2.11 bits per heavy atom. The average Bonchev–Trinajstić information content (AvgIpc) is 2.76. The minimum atomic E-state index is -0.0850. The number of halogens is 1. The molecule has 0 unspecified atom stereocenters. The first kappa shape index (κ1) is 13.7. The van der Waals surface area contributed by atoms with E-state index in [4.69, 9.17) is 11.6 Å². The molecule has 0 saturated carbocycles. The Labute approximate surface area is 116 Å². The fraction of sp³-hybridized carbons (Fsp3) is 0.500. The predicted octanol–water partition coefficient (Wildman–Crippen LogP) is 2.52. The average molecular weight is 282 g/mol.